The largest absolute Gasteiger partial charge is 0.383 e. The smallest absolute Gasteiger partial charge is 0.123 e. The van der Waals surface area contributed by atoms with Crippen molar-refractivity contribution in [3.05, 3.63) is 29.6 Å². The van der Waals surface area contributed by atoms with Crippen LogP contribution >= 0.6 is 0 Å². The number of benzene rings is 1. The third kappa shape index (κ3) is 4.18. The minimum absolute atomic E-state index is 0.164. The van der Waals surface area contributed by atoms with E-state index in [4.69, 9.17) is 4.74 Å². The van der Waals surface area contributed by atoms with Crippen LogP contribution in [0.5, 0.6) is 0 Å². The average molecular weight is 280 g/mol. The maximum Gasteiger partial charge on any atom is 0.123 e. The van der Waals surface area contributed by atoms with Crippen molar-refractivity contribution in [1.29, 1.82) is 0 Å². The number of nitrogens with zero attached hydrogens (tertiary/aromatic N) is 1. The minimum atomic E-state index is -0.164. The number of hydrogen-bond donors (Lipinski definition) is 1. The van der Waals surface area contributed by atoms with Crippen LogP contribution in [-0.2, 0) is 11.3 Å². The molecule has 2 rings (SSSR count). The first-order valence-electron chi connectivity index (χ1n) is 7.43. The highest BCUT2D eigenvalue weighted by molar-refractivity contribution is 5.54. The summed E-state index contributed by atoms with van der Waals surface area (Å²) in [5.41, 5.74) is 2.21. The molecular formula is C16H25FN2O. The summed E-state index contributed by atoms with van der Waals surface area (Å²) in [7, 11) is 1.68. The van der Waals surface area contributed by atoms with Gasteiger partial charge in [0.15, 0.2) is 0 Å². The highest BCUT2D eigenvalue weighted by atomic mass is 19.1. The number of methoxy groups -OCH3 is 1. The molecule has 1 aromatic rings. The zero-order valence-electron chi connectivity index (χ0n) is 12.5. The molecule has 1 heterocycles. The van der Waals surface area contributed by atoms with Gasteiger partial charge in [-0.2, -0.15) is 0 Å². The maximum atomic E-state index is 13.5. The van der Waals surface area contributed by atoms with E-state index < -0.39 is 0 Å². The van der Waals surface area contributed by atoms with Gasteiger partial charge in [-0.1, -0.05) is 6.92 Å². The van der Waals surface area contributed by atoms with Crippen molar-refractivity contribution in [2.45, 2.75) is 26.3 Å². The Kier molecular flexibility index (Phi) is 5.80. The van der Waals surface area contributed by atoms with Crippen LogP contribution in [0.15, 0.2) is 18.2 Å². The van der Waals surface area contributed by atoms with E-state index in [0.29, 0.717) is 13.2 Å². The molecule has 0 bridgehead atoms. The SMILES string of the molecule is COCCNCc1cc(F)ccc1N1CCC(C)CC1. The lowest BCUT2D eigenvalue weighted by Crippen LogP contribution is -2.34. The van der Waals surface area contributed by atoms with Gasteiger partial charge in [-0.15, -0.1) is 0 Å². The van der Waals surface area contributed by atoms with Crippen molar-refractivity contribution < 1.29 is 9.13 Å². The van der Waals surface area contributed by atoms with Gasteiger partial charge in [0.1, 0.15) is 5.82 Å². The molecule has 4 heteroatoms. The fourth-order valence-electron chi connectivity index (χ4n) is 2.65. The number of rotatable bonds is 6. The number of nitrogens with one attached hydrogen (secondary N) is 1. The molecule has 0 spiro atoms. The van der Waals surface area contributed by atoms with E-state index in [1.165, 1.54) is 18.5 Å². The molecule has 0 saturated carbocycles. The zero-order chi connectivity index (χ0) is 14.4. The number of halogens is 1. The first-order valence-corrected chi connectivity index (χ1v) is 7.43. The molecule has 112 valence electrons. The summed E-state index contributed by atoms with van der Waals surface area (Å²) in [6, 6.07) is 5.12. The number of anilines is 1. The molecule has 0 unspecified atom stereocenters. The first kappa shape index (κ1) is 15.3. The Morgan fingerprint density at radius 3 is 2.80 bits per heavy atom. The summed E-state index contributed by atoms with van der Waals surface area (Å²) < 4.78 is 18.5. The predicted molar refractivity (Wildman–Crippen MR) is 80.6 cm³/mol. The number of ether oxygens (including phenoxy) is 1. The van der Waals surface area contributed by atoms with Crippen LogP contribution < -0.4 is 10.2 Å². The molecule has 0 radical (unpaired) electrons. The third-order valence-corrected chi connectivity index (χ3v) is 3.96. The average Bonchev–Trinajstić information content (AvgIpc) is 2.45. The van der Waals surface area contributed by atoms with Crippen LogP contribution in [0.3, 0.4) is 0 Å². The lowest BCUT2D eigenvalue weighted by Gasteiger charge is -2.33. The Morgan fingerprint density at radius 1 is 1.35 bits per heavy atom. The van der Waals surface area contributed by atoms with Crippen LogP contribution in [0.25, 0.3) is 0 Å². The monoisotopic (exact) mass is 280 g/mol. The number of piperidine rings is 1. The van der Waals surface area contributed by atoms with E-state index in [9.17, 15) is 4.39 Å². The van der Waals surface area contributed by atoms with Gasteiger partial charge in [0.2, 0.25) is 0 Å². The first-order chi connectivity index (χ1) is 9.70. The summed E-state index contributed by atoms with van der Waals surface area (Å²) in [4.78, 5) is 2.38. The Bertz CT molecular complexity index is 417. The molecule has 1 aliphatic rings. The topological polar surface area (TPSA) is 24.5 Å². The van der Waals surface area contributed by atoms with E-state index in [1.54, 1.807) is 19.2 Å². The Morgan fingerprint density at radius 2 is 2.10 bits per heavy atom. The summed E-state index contributed by atoms with van der Waals surface area (Å²) in [5.74, 6) is 0.637. The van der Waals surface area contributed by atoms with E-state index in [2.05, 4.69) is 17.1 Å². The quantitative estimate of drug-likeness (QED) is 0.811. The van der Waals surface area contributed by atoms with E-state index in [1.807, 2.05) is 6.07 Å². The fraction of sp³-hybridized carbons (Fsp3) is 0.625. The Labute approximate surface area is 121 Å². The lowest BCUT2D eigenvalue weighted by atomic mass is 9.98. The molecule has 1 aromatic carbocycles. The molecule has 1 saturated heterocycles. The summed E-state index contributed by atoms with van der Waals surface area (Å²) in [5, 5.41) is 3.30. The van der Waals surface area contributed by atoms with Crippen LogP contribution in [0.1, 0.15) is 25.3 Å². The van der Waals surface area contributed by atoms with Gasteiger partial charge in [0, 0.05) is 39.0 Å². The van der Waals surface area contributed by atoms with E-state index in [-0.39, 0.29) is 5.82 Å². The highest BCUT2D eigenvalue weighted by Crippen LogP contribution is 2.26. The van der Waals surface area contributed by atoms with Gasteiger partial charge in [-0.05, 0) is 42.5 Å². The van der Waals surface area contributed by atoms with Gasteiger partial charge < -0.3 is 15.0 Å². The standard InChI is InChI=1S/C16H25FN2O/c1-13-5-8-19(9-6-13)16-4-3-15(17)11-14(16)12-18-7-10-20-2/h3-4,11,13,18H,5-10,12H2,1-2H3. The lowest BCUT2D eigenvalue weighted by molar-refractivity contribution is 0.199. The van der Waals surface area contributed by atoms with Crippen molar-refractivity contribution in [3.63, 3.8) is 0 Å². The zero-order valence-corrected chi connectivity index (χ0v) is 12.5. The van der Waals surface area contributed by atoms with Crippen molar-refractivity contribution in [2.24, 2.45) is 5.92 Å². The molecule has 0 amide bonds. The van der Waals surface area contributed by atoms with Crippen molar-refractivity contribution in [2.75, 3.05) is 38.3 Å². The van der Waals surface area contributed by atoms with Crippen molar-refractivity contribution >= 4 is 5.69 Å². The van der Waals surface area contributed by atoms with Crippen molar-refractivity contribution in [1.82, 2.24) is 5.32 Å². The Balaban J connectivity index is 2.03. The van der Waals surface area contributed by atoms with Crippen LogP contribution in [0.4, 0.5) is 10.1 Å². The molecular weight excluding hydrogens is 255 g/mol. The van der Waals surface area contributed by atoms with Gasteiger partial charge in [-0.25, -0.2) is 4.39 Å². The molecule has 1 fully saturated rings. The summed E-state index contributed by atoms with van der Waals surface area (Å²) in [6.07, 6.45) is 2.43. The molecule has 0 aliphatic carbocycles. The van der Waals surface area contributed by atoms with Crippen LogP contribution in [0, 0.1) is 11.7 Å². The van der Waals surface area contributed by atoms with Crippen LogP contribution in [0.2, 0.25) is 0 Å². The molecule has 20 heavy (non-hydrogen) atoms. The third-order valence-electron chi connectivity index (χ3n) is 3.96. The molecule has 1 aliphatic heterocycles. The van der Waals surface area contributed by atoms with E-state index in [0.717, 1.165) is 31.1 Å². The van der Waals surface area contributed by atoms with Gasteiger partial charge in [0.05, 0.1) is 6.61 Å². The van der Waals surface area contributed by atoms with Gasteiger partial charge in [-0.3, -0.25) is 0 Å². The second-order valence-electron chi connectivity index (χ2n) is 5.61. The second kappa shape index (κ2) is 7.60. The van der Waals surface area contributed by atoms with Crippen LogP contribution in [-0.4, -0.2) is 33.4 Å². The number of hydrogen-bond acceptors (Lipinski definition) is 3. The van der Waals surface area contributed by atoms with Gasteiger partial charge in [0.25, 0.3) is 0 Å². The Hall–Kier alpha value is -1.13. The summed E-state index contributed by atoms with van der Waals surface area (Å²) >= 11 is 0. The predicted octanol–water partition coefficient (Wildman–Crippen LogP) is 2.80. The summed E-state index contributed by atoms with van der Waals surface area (Å²) in [6.45, 7) is 6.57. The normalized spacial score (nSPS) is 16.6. The molecule has 1 N–H and O–H groups in total. The fourth-order valence-corrected chi connectivity index (χ4v) is 2.65. The second-order valence-corrected chi connectivity index (χ2v) is 5.61. The maximum absolute atomic E-state index is 13.5. The van der Waals surface area contributed by atoms with Gasteiger partial charge >= 0.3 is 0 Å². The minimum Gasteiger partial charge on any atom is -0.383 e. The van der Waals surface area contributed by atoms with E-state index >= 15 is 0 Å². The molecule has 0 aromatic heterocycles. The molecule has 0 atom stereocenters. The molecule has 3 nitrogen and oxygen atoms in total. The highest BCUT2D eigenvalue weighted by Gasteiger charge is 2.18. The van der Waals surface area contributed by atoms with Crippen molar-refractivity contribution in [3.8, 4) is 0 Å².